The monoisotopic (exact) mass is 341 g/mol. The second-order valence-corrected chi connectivity index (χ2v) is 7.32. The minimum absolute atomic E-state index is 0.233. The summed E-state index contributed by atoms with van der Waals surface area (Å²) in [5.74, 6) is 1.36. The van der Waals surface area contributed by atoms with Gasteiger partial charge in [-0.05, 0) is 56.1 Å². The molecular weight excluding hydrogens is 314 g/mol. The Bertz CT molecular complexity index is 721. The van der Waals surface area contributed by atoms with Crippen molar-refractivity contribution >= 4 is 11.6 Å². The summed E-state index contributed by atoms with van der Waals surface area (Å²) in [6.45, 7) is 8.37. The third-order valence-electron chi connectivity index (χ3n) is 5.54. The number of carbonyl (C=O) groups is 1. The maximum absolute atomic E-state index is 11.7. The lowest BCUT2D eigenvalue weighted by Crippen LogP contribution is -2.35. The fraction of sp³-hybridized carbons (Fsp3) is 0.500. The molecule has 134 valence electrons. The Hall–Kier alpha value is -2.14. The summed E-state index contributed by atoms with van der Waals surface area (Å²) in [7, 11) is 1.58. The Kier molecular flexibility index (Phi) is 4.95. The zero-order valence-electron chi connectivity index (χ0n) is 15.2. The predicted octanol–water partition coefficient (Wildman–Crippen LogP) is 3.11. The summed E-state index contributed by atoms with van der Waals surface area (Å²) < 4.78 is 0. The van der Waals surface area contributed by atoms with Crippen LogP contribution >= 0.6 is 0 Å². The quantitative estimate of drug-likeness (QED) is 0.769. The summed E-state index contributed by atoms with van der Waals surface area (Å²) in [4.78, 5) is 15.8. The summed E-state index contributed by atoms with van der Waals surface area (Å²) in [5.41, 5.74) is 3.89. The number of aliphatic hydroxyl groups is 1. The number of nitrogens with one attached hydrogen (secondary N) is 2. The van der Waals surface area contributed by atoms with E-state index in [2.05, 4.69) is 36.0 Å². The van der Waals surface area contributed by atoms with Gasteiger partial charge in [-0.3, -0.25) is 9.78 Å². The van der Waals surface area contributed by atoms with Crippen molar-refractivity contribution in [2.75, 3.05) is 12.4 Å². The number of aliphatic hydroxyl groups excluding tert-OH is 1. The third-order valence-corrected chi connectivity index (χ3v) is 5.54. The van der Waals surface area contributed by atoms with Crippen molar-refractivity contribution in [3.63, 3.8) is 0 Å². The summed E-state index contributed by atoms with van der Waals surface area (Å²) in [6.07, 6.45) is 4.70. The van der Waals surface area contributed by atoms with Crippen molar-refractivity contribution in [3.8, 4) is 0 Å². The Morgan fingerprint density at radius 2 is 2.12 bits per heavy atom. The lowest BCUT2D eigenvalue weighted by Gasteiger charge is -2.37. The van der Waals surface area contributed by atoms with E-state index in [9.17, 15) is 9.90 Å². The largest absolute Gasteiger partial charge is 0.388 e. The number of nitrogens with zero attached hydrogens (tertiary/aromatic N) is 1. The number of allylic oxidation sites excluding steroid dienone is 1. The molecule has 0 aliphatic heterocycles. The van der Waals surface area contributed by atoms with Crippen LogP contribution in [-0.2, 0) is 0 Å². The zero-order valence-corrected chi connectivity index (χ0v) is 15.2. The first-order valence-corrected chi connectivity index (χ1v) is 8.94. The van der Waals surface area contributed by atoms with E-state index in [1.54, 1.807) is 25.4 Å². The van der Waals surface area contributed by atoms with Crippen molar-refractivity contribution in [3.05, 3.63) is 47.4 Å². The van der Waals surface area contributed by atoms with Crippen LogP contribution in [0.3, 0.4) is 0 Å². The van der Waals surface area contributed by atoms with E-state index in [0.29, 0.717) is 17.3 Å². The number of anilines is 1. The Balaban J connectivity index is 1.78. The normalized spacial score (nSPS) is 26.3. The highest BCUT2D eigenvalue weighted by molar-refractivity contribution is 5.92. The molecule has 0 aromatic carbocycles. The van der Waals surface area contributed by atoms with Crippen molar-refractivity contribution in [1.82, 2.24) is 10.3 Å². The van der Waals surface area contributed by atoms with E-state index >= 15 is 0 Å². The molecule has 25 heavy (non-hydrogen) atoms. The Morgan fingerprint density at radius 3 is 2.76 bits per heavy atom. The van der Waals surface area contributed by atoms with Gasteiger partial charge in [-0.15, -0.1) is 0 Å². The van der Waals surface area contributed by atoms with Gasteiger partial charge < -0.3 is 15.7 Å². The molecule has 5 heteroatoms. The van der Waals surface area contributed by atoms with Gasteiger partial charge in [0.25, 0.3) is 5.91 Å². The minimum atomic E-state index is -0.500. The number of hydrogen-bond donors (Lipinski definition) is 3. The fourth-order valence-corrected chi connectivity index (χ4v) is 3.96. The van der Waals surface area contributed by atoms with Crippen LogP contribution < -0.4 is 10.6 Å². The van der Waals surface area contributed by atoms with Crippen molar-refractivity contribution in [1.29, 1.82) is 0 Å². The molecule has 3 rings (SSSR count). The van der Waals surface area contributed by atoms with Gasteiger partial charge in [-0.1, -0.05) is 19.1 Å². The minimum Gasteiger partial charge on any atom is -0.388 e. The fourth-order valence-electron chi connectivity index (χ4n) is 3.96. The topological polar surface area (TPSA) is 74.2 Å². The maximum atomic E-state index is 11.7. The SMILES string of the molecule is C=C(Nc1ccnc(C(=O)NC)c1)C1=C(C)C[C@@H](C2CC2)C(C)C1O. The molecule has 2 aliphatic carbocycles. The van der Waals surface area contributed by atoms with Gasteiger partial charge in [-0.25, -0.2) is 0 Å². The summed E-state index contributed by atoms with van der Waals surface area (Å²) >= 11 is 0. The van der Waals surface area contributed by atoms with Crippen LogP contribution in [0.5, 0.6) is 0 Å². The van der Waals surface area contributed by atoms with E-state index in [-0.39, 0.29) is 11.8 Å². The van der Waals surface area contributed by atoms with E-state index in [4.69, 9.17) is 0 Å². The number of amides is 1. The van der Waals surface area contributed by atoms with Crippen molar-refractivity contribution in [2.24, 2.45) is 17.8 Å². The summed E-state index contributed by atoms with van der Waals surface area (Å²) in [6, 6.07) is 3.48. The van der Waals surface area contributed by atoms with Crippen LogP contribution in [0.4, 0.5) is 5.69 Å². The second-order valence-electron chi connectivity index (χ2n) is 7.32. The first-order valence-electron chi connectivity index (χ1n) is 8.94. The predicted molar refractivity (Wildman–Crippen MR) is 99.1 cm³/mol. The first kappa shape index (κ1) is 17.7. The van der Waals surface area contributed by atoms with Crippen LogP contribution in [-0.4, -0.2) is 29.1 Å². The van der Waals surface area contributed by atoms with Gasteiger partial charge in [0, 0.05) is 30.2 Å². The number of hydrogen-bond acceptors (Lipinski definition) is 4. The molecule has 1 fully saturated rings. The van der Waals surface area contributed by atoms with Gasteiger partial charge >= 0.3 is 0 Å². The van der Waals surface area contributed by atoms with Crippen LogP contribution in [0.25, 0.3) is 0 Å². The van der Waals surface area contributed by atoms with E-state index in [1.807, 2.05) is 0 Å². The molecule has 3 atom stereocenters. The molecule has 0 bridgehead atoms. The molecule has 1 aromatic rings. The van der Waals surface area contributed by atoms with E-state index in [0.717, 1.165) is 23.6 Å². The molecule has 2 unspecified atom stereocenters. The van der Waals surface area contributed by atoms with Gasteiger partial charge in [0.2, 0.25) is 0 Å². The molecule has 0 spiro atoms. The molecule has 1 amide bonds. The maximum Gasteiger partial charge on any atom is 0.269 e. The Morgan fingerprint density at radius 1 is 1.40 bits per heavy atom. The average Bonchev–Trinajstić information content (AvgIpc) is 3.42. The zero-order chi connectivity index (χ0) is 18.1. The van der Waals surface area contributed by atoms with Gasteiger partial charge in [0.05, 0.1) is 6.10 Å². The van der Waals surface area contributed by atoms with Crippen LogP contribution in [0, 0.1) is 17.8 Å². The first-order chi connectivity index (χ1) is 11.9. The average molecular weight is 341 g/mol. The second kappa shape index (κ2) is 7.00. The number of pyridine rings is 1. The molecule has 2 aliphatic rings. The molecular formula is C20H27N3O2. The lowest BCUT2D eigenvalue weighted by molar-refractivity contribution is 0.0929. The molecule has 1 heterocycles. The van der Waals surface area contributed by atoms with Gasteiger partial charge in [0.15, 0.2) is 0 Å². The smallest absolute Gasteiger partial charge is 0.269 e. The molecule has 3 N–H and O–H groups in total. The van der Waals surface area contributed by atoms with Crippen LogP contribution in [0.15, 0.2) is 41.8 Å². The highest BCUT2D eigenvalue weighted by Crippen LogP contribution is 2.48. The number of rotatable bonds is 5. The molecule has 5 nitrogen and oxygen atoms in total. The summed E-state index contributed by atoms with van der Waals surface area (Å²) in [5, 5.41) is 16.7. The van der Waals surface area contributed by atoms with Crippen molar-refractivity contribution in [2.45, 2.75) is 39.2 Å². The lowest BCUT2D eigenvalue weighted by atomic mass is 9.72. The van der Waals surface area contributed by atoms with E-state index < -0.39 is 6.10 Å². The number of aromatic nitrogens is 1. The van der Waals surface area contributed by atoms with Gasteiger partial charge in [0.1, 0.15) is 5.69 Å². The highest BCUT2D eigenvalue weighted by Gasteiger charge is 2.41. The Labute approximate surface area is 149 Å². The highest BCUT2D eigenvalue weighted by atomic mass is 16.3. The van der Waals surface area contributed by atoms with Crippen LogP contribution in [0.1, 0.15) is 43.6 Å². The molecule has 1 aromatic heterocycles. The van der Waals surface area contributed by atoms with E-state index in [1.165, 1.54) is 18.4 Å². The van der Waals surface area contributed by atoms with Crippen molar-refractivity contribution < 1.29 is 9.90 Å². The number of carbonyl (C=O) groups excluding carboxylic acids is 1. The molecule has 0 saturated heterocycles. The molecule has 1 saturated carbocycles. The van der Waals surface area contributed by atoms with Crippen LogP contribution in [0.2, 0.25) is 0 Å². The third kappa shape index (κ3) is 3.61. The standard InChI is InChI=1S/C20H27N3O2/c1-11-9-16(14-5-6-14)12(2)19(24)18(11)13(3)23-15-7-8-22-17(10-15)20(25)21-4/h7-8,10,12,14,16,19,24H,3,5-6,9H2,1-2,4H3,(H,21,25)(H,22,23)/t12?,16-,19?/m1/s1. The molecule has 0 radical (unpaired) electrons. The van der Waals surface area contributed by atoms with Gasteiger partial charge in [-0.2, -0.15) is 0 Å².